The summed E-state index contributed by atoms with van der Waals surface area (Å²) in [7, 11) is -3.85. The molecule has 3 aromatic rings. The van der Waals surface area contributed by atoms with Crippen LogP contribution in [0.3, 0.4) is 0 Å². The molecule has 0 saturated heterocycles. The lowest BCUT2D eigenvalue weighted by molar-refractivity contribution is 0.102. The molecule has 156 valence electrons. The van der Waals surface area contributed by atoms with Crippen LogP contribution in [-0.2, 0) is 10.0 Å². The molecular formula is C22H21FN2O4S. The van der Waals surface area contributed by atoms with Crippen LogP contribution in [0.25, 0.3) is 0 Å². The lowest BCUT2D eigenvalue weighted by atomic mass is 10.1. The Hall–Kier alpha value is -3.39. The first-order valence-corrected chi connectivity index (χ1v) is 10.7. The van der Waals surface area contributed by atoms with Crippen LogP contribution in [0.4, 0.5) is 15.8 Å². The van der Waals surface area contributed by atoms with Crippen molar-refractivity contribution in [1.29, 1.82) is 0 Å². The molecule has 0 saturated carbocycles. The number of rotatable bonds is 7. The predicted molar refractivity (Wildman–Crippen MR) is 114 cm³/mol. The Morgan fingerprint density at radius 1 is 0.900 bits per heavy atom. The van der Waals surface area contributed by atoms with Crippen LogP contribution in [0, 0.1) is 5.82 Å². The highest BCUT2D eigenvalue weighted by atomic mass is 32.2. The maximum absolute atomic E-state index is 13.0. The van der Waals surface area contributed by atoms with Gasteiger partial charge in [0, 0.05) is 11.4 Å². The molecule has 0 aliphatic carbocycles. The number of amides is 1. The standard InChI is InChI=1S/C22H21FN2O4S/c1-15(2)29-21-6-4-3-5-20(21)22(26)24-17-11-13-19(14-12-17)30(27,28)25-18-9-7-16(23)8-10-18/h3-15,25H,1-2H3,(H,24,26). The third-order valence-electron chi connectivity index (χ3n) is 4.01. The summed E-state index contributed by atoms with van der Waals surface area (Å²) in [5.74, 6) is -0.364. The first-order valence-electron chi connectivity index (χ1n) is 9.20. The molecule has 6 nitrogen and oxygen atoms in total. The number of halogens is 1. The number of benzene rings is 3. The third-order valence-corrected chi connectivity index (χ3v) is 5.41. The van der Waals surface area contributed by atoms with Gasteiger partial charge in [0.05, 0.1) is 16.6 Å². The number of sulfonamides is 1. The molecule has 0 unspecified atom stereocenters. The van der Waals surface area contributed by atoms with Crippen LogP contribution in [0.15, 0.2) is 77.7 Å². The molecule has 0 aliphatic rings. The summed E-state index contributed by atoms with van der Waals surface area (Å²) in [6, 6.07) is 17.6. The van der Waals surface area contributed by atoms with Crippen LogP contribution in [-0.4, -0.2) is 20.4 Å². The van der Waals surface area contributed by atoms with Gasteiger partial charge in [-0.3, -0.25) is 9.52 Å². The molecule has 0 aromatic heterocycles. The van der Waals surface area contributed by atoms with Crippen molar-refractivity contribution in [1.82, 2.24) is 0 Å². The molecule has 8 heteroatoms. The van der Waals surface area contributed by atoms with Gasteiger partial charge in [0.1, 0.15) is 11.6 Å². The number of anilines is 2. The molecule has 0 radical (unpaired) electrons. The summed E-state index contributed by atoms with van der Waals surface area (Å²) in [5, 5.41) is 2.73. The first kappa shape index (κ1) is 21.3. The Morgan fingerprint density at radius 3 is 2.13 bits per heavy atom. The SMILES string of the molecule is CC(C)Oc1ccccc1C(=O)Nc1ccc(S(=O)(=O)Nc2ccc(F)cc2)cc1. The normalized spacial score (nSPS) is 11.2. The highest BCUT2D eigenvalue weighted by Crippen LogP contribution is 2.22. The summed E-state index contributed by atoms with van der Waals surface area (Å²) in [4.78, 5) is 12.6. The second-order valence-corrected chi connectivity index (χ2v) is 8.44. The highest BCUT2D eigenvalue weighted by Gasteiger charge is 2.16. The average molecular weight is 428 g/mol. The van der Waals surface area contributed by atoms with E-state index in [2.05, 4.69) is 10.0 Å². The minimum absolute atomic E-state index is 0.00775. The van der Waals surface area contributed by atoms with E-state index in [0.29, 0.717) is 17.0 Å². The van der Waals surface area contributed by atoms with Crippen molar-refractivity contribution >= 4 is 27.3 Å². The lowest BCUT2D eigenvalue weighted by Gasteiger charge is -2.14. The fourth-order valence-electron chi connectivity index (χ4n) is 2.66. The van der Waals surface area contributed by atoms with E-state index in [0.717, 1.165) is 12.1 Å². The summed E-state index contributed by atoms with van der Waals surface area (Å²) in [6.45, 7) is 3.74. The summed E-state index contributed by atoms with van der Waals surface area (Å²) in [6.07, 6.45) is -0.0861. The van der Waals surface area contributed by atoms with Gasteiger partial charge >= 0.3 is 0 Å². The molecule has 3 aromatic carbocycles. The van der Waals surface area contributed by atoms with Gasteiger partial charge in [-0.1, -0.05) is 12.1 Å². The van der Waals surface area contributed by atoms with E-state index in [4.69, 9.17) is 4.74 Å². The van der Waals surface area contributed by atoms with Crippen LogP contribution in [0.2, 0.25) is 0 Å². The van der Waals surface area contributed by atoms with Gasteiger partial charge in [-0.25, -0.2) is 12.8 Å². The van der Waals surface area contributed by atoms with Crippen LogP contribution >= 0.6 is 0 Å². The van der Waals surface area contributed by atoms with E-state index >= 15 is 0 Å². The van der Waals surface area contributed by atoms with Gasteiger partial charge in [0.2, 0.25) is 0 Å². The van der Waals surface area contributed by atoms with Gasteiger partial charge in [0.15, 0.2) is 0 Å². The summed E-state index contributed by atoms with van der Waals surface area (Å²) < 4.78 is 46.0. The zero-order chi connectivity index (χ0) is 21.7. The van der Waals surface area contributed by atoms with Crippen molar-refractivity contribution in [3.63, 3.8) is 0 Å². The van der Waals surface area contributed by atoms with Crippen molar-refractivity contribution in [2.45, 2.75) is 24.8 Å². The molecule has 2 N–H and O–H groups in total. The Labute approximate surface area is 174 Å². The van der Waals surface area contributed by atoms with E-state index in [1.807, 2.05) is 13.8 Å². The number of para-hydroxylation sites is 1. The number of nitrogens with one attached hydrogen (secondary N) is 2. The average Bonchev–Trinajstić information content (AvgIpc) is 2.70. The Morgan fingerprint density at radius 2 is 1.50 bits per heavy atom. The zero-order valence-corrected chi connectivity index (χ0v) is 17.2. The molecule has 30 heavy (non-hydrogen) atoms. The monoisotopic (exact) mass is 428 g/mol. The van der Waals surface area contributed by atoms with Gasteiger partial charge < -0.3 is 10.1 Å². The fraction of sp³-hybridized carbons (Fsp3) is 0.136. The third kappa shape index (κ3) is 5.36. The maximum Gasteiger partial charge on any atom is 0.261 e. The summed E-state index contributed by atoms with van der Waals surface area (Å²) in [5.41, 5.74) is 1.05. The highest BCUT2D eigenvalue weighted by molar-refractivity contribution is 7.92. The minimum atomic E-state index is -3.85. The largest absolute Gasteiger partial charge is 0.490 e. The molecule has 1 amide bonds. The maximum atomic E-state index is 13.0. The Balaban J connectivity index is 1.73. The van der Waals surface area contributed by atoms with Crippen LogP contribution < -0.4 is 14.8 Å². The Kier molecular flexibility index (Phi) is 6.37. The fourth-order valence-corrected chi connectivity index (χ4v) is 3.72. The molecule has 0 fully saturated rings. The second kappa shape index (κ2) is 8.96. The van der Waals surface area contributed by atoms with E-state index < -0.39 is 15.8 Å². The molecular weight excluding hydrogens is 407 g/mol. The lowest BCUT2D eigenvalue weighted by Crippen LogP contribution is -2.16. The molecule has 0 atom stereocenters. The number of hydrogen-bond donors (Lipinski definition) is 2. The van der Waals surface area contributed by atoms with Gasteiger partial charge in [-0.15, -0.1) is 0 Å². The first-order chi connectivity index (χ1) is 14.2. The van der Waals surface area contributed by atoms with Gasteiger partial charge in [-0.2, -0.15) is 0 Å². The van der Waals surface area contributed by atoms with Crippen molar-refractivity contribution in [2.24, 2.45) is 0 Å². The number of carbonyl (C=O) groups is 1. The summed E-state index contributed by atoms with van der Waals surface area (Å²) >= 11 is 0. The van der Waals surface area contributed by atoms with Crippen LogP contribution in [0.5, 0.6) is 5.75 Å². The topological polar surface area (TPSA) is 84.5 Å². The number of ether oxygens (including phenoxy) is 1. The number of hydrogen-bond acceptors (Lipinski definition) is 4. The van der Waals surface area contributed by atoms with E-state index in [1.165, 1.54) is 36.4 Å². The quantitative estimate of drug-likeness (QED) is 0.573. The smallest absolute Gasteiger partial charge is 0.261 e. The van der Waals surface area contributed by atoms with E-state index in [-0.39, 0.29) is 22.6 Å². The van der Waals surface area contributed by atoms with E-state index in [9.17, 15) is 17.6 Å². The molecule has 0 aliphatic heterocycles. The van der Waals surface area contributed by atoms with Gasteiger partial charge in [0.25, 0.3) is 15.9 Å². The second-order valence-electron chi connectivity index (χ2n) is 6.75. The predicted octanol–water partition coefficient (Wildman–Crippen LogP) is 4.67. The van der Waals surface area contributed by atoms with E-state index in [1.54, 1.807) is 24.3 Å². The van der Waals surface area contributed by atoms with Crippen molar-refractivity contribution < 1.29 is 22.3 Å². The number of carbonyl (C=O) groups excluding carboxylic acids is 1. The zero-order valence-electron chi connectivity index (χ0n) is 16.4. The van der Waals surface area contributed by atoms with Crippen molar-refractivity contribution in [3.8, 4) is 5.75 Å². The minimum Gasteiger partial charge on any atom is -0.490 e. The molecule has 3 rings (SSSR count). The molecule has 0 bridgehead atoms. The Bertz CT molecular complexity index is 1130. The van der Waals surface area contributed by atoms with Crippen LogP contribution in [0.1, 0.15) is 24.2 Å². The van der Waals surface area contributed by atoms with Crippen molar-refractivity contribution in [2.75, 3.05) is 10.0 Å². The van der Waals surface area contributed by atoms with Crippen molar-refractivity contribution in [3.05, 3.63) is 84.2 Å². The molecule has 0 heterocycles. The van der Waals surface area contributed by atoms with Gasteiger partial charge in [-0.05, 0) is 74.5 Å². The molecule has 0 spiro atoms.